The van der Waals surface area contributed by atoms with Crippen molar-refractivity contribution < 1.29 is 19.1 Å². The van der Waals surface area contributed by atoms with Crippen LogP contribution in [-0.2, 0) is 9.53 Å². The number of hydrogen-bond donors (Lipinski definition) is 1. The van der Waals surface area contributed by atoms with Crippen LogP contribution in [0.3, 0.4) is 0 Å². The molecule has 1 aromatic carbocycles. The molecule has 0 aliphatic carbocycles. The van der Waals surface area contributed by atoms with Crippen LogP contribution in [-0.4, -0.2) is 25.5 Å². The molecule has 0 unspecified atom stereocenters. The molecule has 0 aliphatic heterocycles. The average molecular weight is 272 g/mol. The zero-order valence-corrected chi connectivity index (χ0v) is 10.9. The Morgan fingerprint density at radius 3 is 2.61 bits per heavy atom. The standard InChI is InChI=1S/C12H14ClNO4/c1-3-18-12(16)6-10(15)7-4-8(13)9(14)5-11(7)17-2/h4-5H,3,6,14H2,1-2H3. The molecule has 0 saturated carbocycles. The largest absolute Gasteiger partial charge is 0.496 e. The number of anilines is 1. The Bertz CT molecular complexity index is 473. The number of hydrogen-bond acceptors (Lipinski definition) is 5. The highest BCUT2D eigenvalue weighted by atomic mass is 35.5. The van der Waals surface area contributed by atoms with Crippen molar-refractivity contribution in [3.05, 3.63) is 22.7 Å². The van der Waals surface area contributed by atoms with E-state index in [1.165, 1.54) is 19.2 Å². The molecule has 0 amide bonds. The van der Waals surface area contributed by atoms with Crippen LogP contribution in [0.15, 0.2) is 12.1 Å². The first-order chi connectivity index (χ1) is 8.49. The van der Waals surface area contributed by atoms with Gasteiger partial charge in [-0.2, -0.15) is 0 Å². The van der Waals surface area contributed by atoms with Gasteiger partial charge in [-0.25, -0.2) is 0 Å². The molecule has 1 rings (SSSR count). The van der Waals surface area contributed by atoms with Crippen LogP contribution in [0.2, 0.25) is 5.02 Å². The quantitative estimate of drug-likeness (QED) is 0.384. The van der Waals surface area contributed by atoms with E-state index in [4.69, 9.17) is 26.8 Å². The van der Waals surface area contributed by atoms with Gasteiger partial charge in [-0.15, -0.1) is 0 Å². The Morgan fingerprint density at radius 1 is 1.39 bits per heavy atom. The molecule has 6 heteroatoms. The summed E-state index contributed by atoms with van der Waals surface area (Å²) in [5.74, 6) is -0.726. The predicted octanol–water partition coefficient (Wildman–Crippen LogP) is 2.07. The number of nitrogen functional groups attached to an aromatic ring is 1. The molecule has 0 aliphatic rings. The zero-order chi connectivity index (χ0) is 13.7. The van der Waals surface area contributed by atoms with Gasteiger partial charge in [-0.1, -0.05) is 11.6 Å². The highest BCUT2D eigenvalue weighted by Crippen LogP contribution is 2.29. The molecule has 0 spiro atoms. The molecular weight excluding hydrogens is 258 g/mol. The van der Waals surface area contributed by atoms with Gasteiger partial charge < -0.3 is 15.2 Å². The van der Waals surface area contributed by atoms with Gasteiger partial charge in [0.25, 0.3) is 0 Å². The first-order valence-electron chi connectivity index (χ1n) is 5.31. The summed E-state index contributed by atoms with van der Waals surface area (Å²) in [7, 11) is 1.41. The zero-order valence-electron chi connectivity index (χ0n) is 10.2. The van der Waals surface area contributed by atoms with Crippen LogP contribution in [0.1, 0.15) is 23.7 Å². The number of esters is 1. The lowest BCUT2D eigenvalue weighted by Crippen LogP contribution is -2.12. The van der Waals surface area contributed by atoms with E-state index in [1.807, 2.05) is 0 Å². The summed E-state index contributed by atoms with van der Waals surface area (Å²) in [6.07, 6.45) is -0.357. The summed E-state index contributed by atoms with van der Waals surface area (Å²) in [6, 6.07) is 2.83. The van der Waals surface area contributed by atoms with Crippen molar-refractivity contribution >= 4 is 29.0 Å². The third-order valence-electron chi connectivity index (χ3n) is 2.23. The number of halogens is 1. The molecule has 18 heavy (non-hydrogen) atoms. The van der Waals surface area contributed by atoms with Crippen molar-refractivity contribution in [1.29, 1.82) is 0 Å². The lowest BCUT2D eigenvalue weighted by molar-refractivity contribution is -0.141. The topological polar surface area (TPSA) is 78.6 Å². The molecule has 0 radical (unpaired) electrons. The summed E-state index contributed by atoms with van der Waals surface area (Å²) in [6.45, 7) is 1.90. The second kappa shape index (κ2) is 6.26. The van der Waals surface area contributed by atoms with E-state index in [1.54, 1.807) is 6.92 Å². The number of carbonyl (C=O) groups is 2. The van der Waals surface area contributed by atoms with Gasteiger partial charge >= 0.3 is 5.97 Å². The van der Waals surface area contributed by atoms with Crippen molar-refractivity contribution in [1.82, 2.24) is 0 Å². The third kappa shape index (κ3) is 3.37. The normalized spacial score (nSPS) is 9.94. The maximum absolute atomic E-state index is 11.9. The van der Waals surface area contributed by atoms with E-state index in [2.05, 4.69) is 0 Å². The molecule has 0 fully saturated rings. The number of nitrogens with two attached hydrogens (primary N) is 1. The number of ketones is 1. The molecule has 0 atom stereocenters. The van der Waals surface area contributed by atoms with Gasteiger partial charge in [-0.3, -0.25) is 9.59 Å². The van der Waals surface area contributed by atoms with Gasteiger partial charge in [0, 0.05) is 6.07 Å². The first-order valence-corrected chi connectivity index (χ1v) is 5.69. The van der Waals surface area contributed by atoms with Gasteiger partial charge in [0.2, 0.25) is 0 Å². The van der Waals surface area contributed by atoms with Crippen LogP contribution < -0.4 is 10.5 Å². The minimum atomic E-state index is -0.586. The van der Waals surface area contributed by atoms with E-state index in [0.717, 1.165) is 0 Å². The van der Waals surface area contributed by atoms with Gasteiger partial charge in [-0.05, 0) is 13.0 Å². The molecule has 98 valence electrons. The Labute approximate surface area is 110 Å². The summed E-state index contributed by atoms with van der Waals surface area (Å²) < 4.78 is 9.74. The van der Waals surface area contributed by atoms with E-state index >= 15 is 0 Å². The number of Topliss-reactive ketones (excluding diaryl/α,β-unsaturated/α-hetero) is 1. The lowest BCUT2D eigenvalue weighted by atomic mass is 10.1. The minimum absolute atomic E-state index is 0.213. The molecule has 1 aromatic rings. The second-order valence-electron chi connectivity index (χ2n) is 3.48. The number of benzene rings is 1. The fraction of sp³-hybridized carbons (Fsp3) is 0.333. The smallest absolute Gasteiger partial charge is 0.313 e. The summed E-state index contributed by atoms with van der Waals surface area (Å²) in [5.41, 5.74) is 6.12. The summed E-state index contributed by atoms with van der Waals surface area (Å²) in [5, 5.41) is 0.239. The average Bonchev–Trinajstić information content (AvgIpc) is 2.32. The van der Waals surface area contributed by atoms with Crippen molar-refractivity contribution in [3.8, 4) is 5.75 Å². The Hall–Kier alpha value is -1.75. The molecule has 0 aromatic heterocycles. The molecule has 2 N–H and O–H groups in total. The van der Waals surface area contributed by atoms with Gasteiger partial charge in [0.15, 0.2) is 5.78 Å². The van der Waals surface area contributed by atoms with Crippen LogP contribution in [0, 0.1) is 0 Å². The number of methoxy groups -OCH3 is 1. The van der Waals surface area contributed by atoms with Crippen LogP contribution >= 0.6 is 11.6 Å². The molecule has 5 nitrogen and oxygen atoms in total. The number of ether oxygens (including phenoxy) is 2. The van der Waals surface area contributed by atoms with Crippen molar-refractivity contribution in [2.24, 2.45) is 0 Å². The second-order valence-corrected chi connectivity index (χ2v) is 3.89. The third-order valence-corrected chi connectivity index (χ3v) is 2.56. The minimum Gasteiger partial charge on any atom is -0.496 e. The fourth-order valence-corrected chi connectivity index (χ4v) is 1.56. The van der Waals surface area contributed by atoms with Crippen LogP contribution in [0.25, 0.3) is 0 Å². The number of carbonyl (C=O) groups excluding carboxylic acids is 2. The van der Waals surface area contributed by atoms with Crippen molar-refractivity contribution in [2.45, 2.75) is 13.3 Å². The van der Waals surface area contributed by atoms with Crippen LogP contribution in [0.4, 0.5) is 5.69 Å². The van der Waals surface area contributed by atoms with E-state index in [-0.39, 0.29) is 29.4 Å². The fourth-order valence-electron chi connectivity index (χ4n) is 1.39. The summed E-state index contributed by atoms with van der Waals surface area (Å²) in [4.78, 5) is 23.1. The first kappa shape index (κ1) is 14.3. The van der Waals surface area contributed by atoms with Crippen molar-refractivity contribution in [2.75, 3.05) is 19.5 Å². The molecule has 0 saturated heterocycles. The predicted molar refractivity (Wildman–Crippen MR) is 68.0 cm³/mol. The molecule has 0 heterocycles. The molecular formula is C12H14ClNO4. The Kier molecular flexibility index (Phi) is 4.97. The Morgan fingerprint density at radius 2 is 2.06 bits per heavy atom. The van der Waals surface area contributed by atoms with E-state index < -0.39 is 11.8 Å². The molecule has 0 bridgehead atoms. The highest BCUT2D eigenvalue weighted by molar-refractivity contribution is 6.33. The maximum Gasteiger partial charge on any atom is 0.313 e. The number of rotatable bonds is 5. The van der Waals surface area contributed by atoms with Gasteiger partial charge in [0.05, 0.1) is 30.0 Å². The van der Waals surface area contributed by atoms with Crippen LogP contribution in [0.5, 0.6) is 5.75 Å². The van der Waals surface area contributed by atoms with Gasteiger partial charge in [0.1, 0.15) is 12.2 Å². The Balaban J connectivity index is 2.98. The van der Waals surface area contributed by atoms with E-state index in [9.17, 15) is 9.59 Å². The highest BCUT2D eigenvalue weighted by Gasteiger charge is 2.18. The van der Waals surface area contributed by atoms with Crippen molar-refractivity contribution in [3.63, 3.8) is 0 Å². The maximum atomic E-state index is 11.9. The van der Waals surface area contributed by atoms with E-state index in [0.29, 0.717) is 5.69 Å². The monoisotopic (exact) mass is 271 g/mol. The lowest BCUT2D eigenvalue weighted by Gasteiger charge is -2.09. The summed E-state index contributed by atoms with van der Waals surface area (Å²) >= 11 is 5.84. The SMILES string of the molecule is CCOC(=O)CC(=O)c1cc(Cl)c(N)cc1OC.